The molecule has 1 aromatic carbocycles. The smallest absolute Gasteiger partial charge is 0.00978 e. The summed E-state index contributed by atoms with van der Waals surface area (Å²) in [4.78, 5) is 0. The van der Waals surface area contributed by atoms with Crippen LogP contribution in [0.4, 0.5) is 0 Å². The number of hydrogen-bond acceptors (Lipinski definition) is 1. The van der Waals surface area contributed by atoms with Crippen LogP contribution in [0.2, 0.25) is 0 Å². The Morgan fingerprint density at radius 3 is 2.15 bits per heavy atom. The van der Waals surface area contributed by atoms with Crippen molar-refractivity contribution in [1.29, 1.82) is 0 Å². The van der Waals surface area contributed by atoms with Crippen LogP contribution in [0.3, 0.4) is 0 Å². The van der Waals surface area contributed by atoms with Gasteiger partial charge < -0.3 is 0 Å². The first kappa shape index (κ1) is 10.6. The van der Waals surface area contributed by atoms with E-state index in [1.54, 1.807) is 0 Å². The van der Waals surface area contributed by atoms with Crippen LogP contribution in [-0.2, 0) is 12.8 Å². The van der Waals surface area contributed by atoms with Crippen LogP contribution in [0, 0.1) is 0 Å². The molecule has 0 unspecified atom stereocenters. The zero-order valence-corrected chi connectivity index (χ0v) is 9.19. The van der Waals surface area contributed by atoms with Crippen molar-refractivity contribution in [2.75, 3.05) is 5.75 Å². The van der Waals surface area contributed by atoms with Gasteiger partial charge in [-0.3, -0.25) is 0 Å². The summed E-state index contributed by atoms with van der Waals surface area (Å²) in [5, 5.41) is 0. The van der Waals surface area contributed by atoms with Gasteiger partial charge in [-0.25, -0.2) is 0 Å². The lowest BCUT2D eigenvalue weighted by Crippen LogP contribution is -1.87. The van der Waals surface area contributed by atoms with Gasteiger partial charge in [0.25, 0.3) is 0 Å². The van der Waals surface area contributed by atoms with Gasteiger partial charge in [-0.05, 0) is 42.6 Å². The van der Waals surface area contributed by atoms with Crippen molar-refractivity contribution in [3.05, 3.63) is 35.4 Å². The highest BCUT2D eigenvalue weighted by atomic mass is 32.1. The molecule has 1 heteroatoms. The summed E-state index contributed by atoms with van der Waals surface area (Å²) in [6.45, 7) is 2.19. The van der Waals surface area contributed by atoms with Crippen molar-refractivity contribution in [3.63, 3.8) is 0 Å². The van der Waals surface area contributed by atoms with E-state index in [-0.39, 0.29) is 0 Å². The molecule has 0 aliphatic carbocycles. The van der Waals surface area contributed by atoms with Crippen LogP contribution in [-0.4, -0.2) is 5.75 Å². The molecule has 13 heavy (non-hydrogen) atoms. The summed E-state index contributed by atoms with van der Waals surface area (Å²) in [6, 6.07) is 8.96. The van der Waals surface area contributed by atoms with E-state index in [0.717, 1.165) is 12.2 Å². The molecule has 0 spiro atoms. The Bertz CT molecular complexity index is 225. The predicted octanol–water partition coefficient (Wildman–Crippen LogP) is 3.50. The van der Waals surface area contributed by atoms with Crippen LogP contribution >= 0.6 is 12.6 Å². The predicted molar refractivity (Wildman–Crippen MR) is 62.6 cm³/mol. The maximum atomic E-state index is 4.20. The number of benzene rings is 1. The normalized spacial score (nSPS) is 10.3. The molecule has 0 nitrogen and oxygen atoms in total. The quantitative estimate of drug-likeness (QED) is 0.538. The van der Waals surface area contributed by atoms with Crippen molar-refractivity contribution in [3.8, 4) is 0 Å². The Balaban J connectivity index is 2.40. The molecule has 0 aromatic heterocycles. The van der Waals surface area contributed by atoms with Crippen LogP contribution in [0.5, 0.6) is 0 Å². The number of unbranched alkanes of at least 4 members (excludes halogenated alkanes) is 1. The maximum absolute atomic E-state index is 4.20. The average Bonchev–Trinajstić information content (AvgIpc) is 2.19. The number of rotatable bonds is 5. The van der Waals surface area contributed by atoms with E-state index in [1.807, 2.05) is 0 Å². The fourth-order valence-corrected chi connectivity index (χ4v) is 1.61. The average molecular weight is 194 g/mol. The fourth-order valence-electron chi connectivity index (χ4n) is 1.38. The maximum Gasteiger partial charge on any atom is -0.00978 e. The number of hydrogen-bond donors (Lipinski definition) is 1. The summed E-state index contributed by atoms with van der Waals surface area (Å²) in [5.74, 6) is 1.01. The highest BCUT2D eigenvalue weighted by Gasteiger charge is 1.93. The lowest BCUT2D eigenvalue weighted by molar-refractivity contribution is 0.803. The first-order valence-electron chi connectivity index (χ1n) is 5.05. The highest BCUT2D eigenvalue weighted by molar-refractivity contribution is 7.80. The Labute approximate surface area is 86.8 Å². The van der Waals surface area contributed by atoms with Gasteiger partial charge in [0, 0.05) is 0 Å². The van der Waals surface area contributed by atoms with Crippen molar-refractivity contribution < 1.29 is 0 Å². The summed E-state index contributed by atoms with van der Waals surface area (Å²) in [5.41, 5.74) is 2.89. The SMILES string of the molecule is CCc1ccc(CCCCS)cc1. The molecule has 0 radical (unpaired) electrons. The van der Waals surface area contributed by atoms with E-state index in [4.69, 9.17) is 0 Å². The van der Waals surface area contributed by atoms with Gasteiger partial charge in [-0.1, -0.05) is 31.2 Å². The van der Waals surface area contributed by atoms with Gasteiger partial charge >= 0.3 is 0 Å². The summed E-state index contributed by atoms with van der Waals surface area (Å²) in [6.07, 6.45) is 4.81. The van der Waals surface area contributed by atoms with E-state index < -0.39 is 0 Å². The Morgan fingerprint density at radius 2 is 1.62 bits per heavy atom. The van der Waals surface area contributed by atoms with E-state index >= 15 is 0 Å². The minimum absolute atomic E-state index is 1.01. The summed E-state index contributed by atoms with van der Waals surface area (Å²) < 4.78 is 0. The van der Waals surface area contributed by atoms with Gasteiger partial charge in [0.15, 0.2) is 0 Å². The zero-order chi connectivity index (χ0) is 9.52. The molecule has 0 atom stereocenters. The molecule has 0 aliphatic heterocycles. The van der Waals surface area contributed by atoms with E-state index in [1.165, 1.54) is 30.4 Å². The van der Waals surface area contributed by atoms with Crippen LogP contribution in [0.25, 0.3) is 0 Å². The number of thiol groups is 1. The highest BCUT2D eigenvalue weighted by Crippen LogP contribution is 2.08. The van der Waals surface area contributed by atoms with Crippen molar-refractivity contribution in [2.45, 2.75) is 32.6 Å². The molecule has 0 amide bonds. The first-order valence-corrected chi connectivity index (χ1v) is 5.68. The van der Waals surface area contributed by atoms with Crippen LogP contribution in [0.15, 0.2) is 24.3 Å². The Hall–Kier alpha value is -0.430. The molecule has 0 saturated carbocycles. The molecule has 1 aromatic rings. The van der Waals surface area contributed by atoms with Crippen molar-refractivity contribution in [1.82, 2.24) is 0 Å². The molecular weight excluding hydrogens is 176 g/mol. The fraction of sp³-hybridized carbons (Fsp3) is 0.500. The molecule has 0 saturated heterocycles. The lowest BCUT2D eigenvalue weighted by Gasteiger charge is -2.01. The lowest BCUT2D eigenvalue weighted by atomic mass is 10.1. The second kappa shape index (κ2) is 6.09. The third-order valence-electron chi connectivity index (χ3n) is 2.30. The Kier molecular flexibility index (Phi) is 4.99. The van der Waals surface area contributed by atoms with E-state index in [2.05, 4.69) is 43.8 Å². The minimum atomic E-state index is 1.01. The summed E-state index contributed by atoms with van der Waals surface area (Å²) in [7, 11) is 0. The third-order valence-corrected chi connectivity index (χ3v) is 2.62. The largest absolute Gasteiger partial charge is 0.179 e. The third kappa shape index (κ3) is 3.86. The molecule has 0 fully saturated rings. The first-order chi connectivity index (χ1) is 6.36. The van der Waals surface area contributed by atoms with Gasteiger partial charge in [0.2, 0.25) is 0 Å². The number of aryl methyl sites for hydroxylation is 2. The van der Waals surface area contributed by atoms with Gasteiger partial charge in [0.1, 0.15) is 0 Å². The monoisotopic (exact) mass is 194 g/mol. The molecule has 1 rings (SSSR count). The molecular formula is C12H18S. The molecule has 0 aliphatic rings. The standard InChI is InChI=1S/C12H18S/c1-2-11-6-8-12(9-7-11)5-3-4-10-13/h6-9,13H,2-5,10H2,1H3. The molecule has 0 heterocycles. The zero-order valence-electron chi connectivity index (χ0n) is 8.29. The summed E-state index contributed by atoms with van der Waals surface area (Å²) >= 11 is 4.20. The second-order valence-electron chi connectivity index (χ2n) is 3.35. The van der Waals surface area contributed by atoms with Gasteiger partial charge in [-0.2, -0.15) is 12.6 Å². The van der Waals surface area contributed by atoms with E-state index in [9.17, 15) is 0 Å². The van der Waals surface area contributed by atoms with Crippen molar-refractivity contribution in [2.24, 2.45) is 0 Å². The van der Waals surface area contributed by atoms with Crippen LogP contribution < -0.4 is 0 Å². The minimum Gasteiger partial charge on any atom is -0.179 e. The Morgan fingerprint density at radius 1 is 1.00 bits per heavy atom. The molecule has 0 bridgehead atoms. The second-order valence-corrected chi connectivity index (χ2v) is 3.80. The molecule has 72 valence electrons. The van der Waals surface area contributed by atoms with Gasteiger partial charge in [-0.15, -0.1) is 0 Å². The van der Waals surface area contributed by atoms with E-state index in [0.29, 0.717) is 0 Å². The van der Waals surface area contributed by atoms with Crippen molar-refractivity contribution >= 4 is 12.6 Å². The van der Waals surface area contributed by atoms with Crippen LogP contribution in [0.1, 0.15) is 30.9 Å². The van der Waals surface area contributed by atoms with Gasteiger partial charge in [0.05, 0.1) is 0 Å². The topological polar surface area (TPSA) is 0 Å². The molecule has 0 N–H and O–H groups in total.